The number of nitrogens with one attached hydrogen (secondary N) is 1. The van der Waals surface area contributed by atoms with Gasteiger partial charge < -0.3 is 19.5 Å². The van der Waals surface area contributed by atoms with E-state index in [2.05, 4.69) is 9.97 Å². The molecule has 27 heavy (non-hydrogen) atoms. The van der Waals surface area contributed by atoms with Crippen LogP contribution in [0.25, 0.3) is 0 Å². The van der Waals surface area contributed by atoms with Crippen LogP contribution in [0.4, 0.5) is 0 Å². The molecule has 1 fully saturated rings. The molecule has 0 atom stereocenters. The van der Waals surface area contributed by atoms with E-state index in [1.807, 2.05) is 0 Å². The molecule has 3 rings (SSSR count). The topological polar surface area (TPSA) is 95.6 Å². The number of nitrogens with zero attached hydrogens (tertiary/aromatic N) is 3. The van der Waals surface area contributed by atoms with Crippen molar-refractivity contribution in [3.8, 4) is 5.75 Å². The number of methoxy groups -OCH3 is 1. The number of aromatic nitrogens is 2. The fourth-order valence-electron chi connectivity index (χ4n) is 3.00. The maximum Gasteiger partial charge on any atom is 0.272 e. The highest BCUT2D eigenvalue weighted by molar-refractivity contribution is 6.31. The van der Waals surface area contributed by atoms with Crippen LogP contribution in [0.3, 0.4) is 0 Å². The Labute approximate surface area is 160 Å². The van der Waals surface area contributed by atoms with Gasteiger partial charge in [-0.05, 0) is 24.6 Å². The molecule has 0 radical (unpaired) electrons. The highest BCUT2D eigenvalue weighted by atomic mass is 35.5. The SMILES string of the molecule is COc1ccc(Cl)cc1C(=O)N1CCCN(C(=O)c2cncc(=O)[nH]2)CC1. The van der Waals surface area contributed by atoms with Gasteiger partial charge in [-0.1, -0.05) is 11.6 Å². The second-order valence-electron chi connectivity index (χ2n) is 6.09. The van der Waals surface area contributed by atoms with Crippen molar-refractivity contribution >= 4 is 23.4 Å². The van der Waals surface area contributed by atoms with E-state index in [1.54, 1.807) is 28.0 Å². The summed E-state index contributed by atoms with van der Waals surface area (Å²) in [5, 5.41) is 0.450. The lowest BCUT2D eigenvalue weighted by atomic mass is 10.1. The molecule has 1 saturated heterocycles. The summed E-state index contributed by atoms with van der Waals surface area (Å²) in [6.07, 6.45) is 3.05. The van der Waals surface area contributed by atoms with Crippen molar-refractivity contribution in [1.82, 2.24) is 19.8 Å². The molecule has 1 N–H and O–H groups in total. The monoisotopic (exact) mass is 390 g/mol. The van der Waals surface area contributed by atoms with Gasteiger partial charge in [-0.15, -0.1) is 0 Å². The lowest BCUT2D eigenvalue weighted by Crippen LogP contribution is -2.38. The van der Waals surface area contributed by atoms with Crippen molar-refractivity contribution in [3.05, 3.63) is 57.2 Å². The molecule has 2 aromatic rings. The Morgan fingerprint density at radius 2 is 1.81 bits per heavy atom. The van der Waals surface area contributed by atoms with Gasteiger partial charge in [0.25, 0.3) is 17.4 Å². The van der Waals surface area contributed by atoms with Gasteiger partial charge in [-0.25, -0.2) is 0 Å². The summed E-state index contributed by atoms with van der Waals surface area (Å²) >= 11 is 6.02. The quantitative estimate of drug-likeness (QED) is 0.855. The third kappa shape index (κ3) is 4.28. The van der Waals surface area contributed by atoms with Gasteiger partial charge in [0.15, 0.2) is 0 Å². The molecule has 0 aliphatic carbocycles. The Morgan fingerprint density at radius 1 is 1.11 bits per heavy atom. The predicted molar refractivity (Wildman–Crippen MR) is 99.3 cm³/mol. The molecule has 1 aliphatic heterocycles. The number of carbonyl (C=O) groups excluding carboxylic acids is 2. The van der Waals surface area contributed by atoms with E-state index in [0.29, 0.717) is 48.9 Å². The van der Waals surface area contributed by atoms with Crippen LogP contribution < -0.4 is 10.3 Å². The molecule has 0 saturated carbocycles. The molecule has 9 heteroatoms. The largest absolute Gasteiger partial charge is 0.496 e. The van der Waals surface area contributed by atoms with Crippen LogP contribution >= 0.6 is 11.6 Å². The molecule has 142 valence electrons. The van der Waals surface area contributed by atoms with Gasteiger partial charge in [-0.3, -0.25) is 19.4 Å². The number of amides is 2. The van der Waals surface area contributed by atoms with E-state index in [0.717, 1.165) is 6.20 Å². The second-order valence-corrected chi connectivity index (χ2v) is 6.53. The number of aromatic amines is 1. The molecule has 0 spiro atoms. The average molecular weight is 391 g/mol. The summed E-state index contributed by atoms with van der Waals surface area (Å²) in [5.41, 5.74) is 0.0979. The molecule has 1 aromatic heterocycles. The number of rotatable bonds is 3. The molecule has 2 amide bonds. The molecular formula is C18H19ClN4O4. The molecule has 1 aromatic carbocycles. The highest BCUT2D eigenvalue weighted by Gasteiger charge is 2.25. The van der Waals surface area contributed by atoms with Crippen molar-refractivity contribution < 1.29 is 14.3 Å². The fraction of sp³-hybridized carbons (Fsp3) is 0.333. The van der Waals surface area contributed by atoms with E-state index in [1.165, 1.54) is 13.3 Å². The van der Waals surface area contributed by atoms with E-state index < -0.39 is 5.56 Å². The number of hydrogen-bond donors (Lipinski definition) is 1. The molecular weight excluding hydrogens is 372 g/mol. The number of carbonyl (C=O) groups is 2. The first-order valence-electron chi connectivity index (χ1n) is 8.46. The van der Waals surface area contributed by atoms with Crippen LogP contribution in [-0.2, 0) is 0 Å². The van der Waals surface area contributed by atoms with Crippen molar-refractivity contribution in [1.29, 1.82) is 0 Å². The van der Waals surface area contributed by atoms with Gasteiger partial charge in [0.05, 0.1) is 25.1 Å². The Bertz CT molecular complexity index is 914. The zero-order valence-electron chi connectivity index (χ0n) is 14.8. The van der Waals surface area contributed by atoms with Crippen LogP contribution in [0.2, 0.25) is 5.02 Å². The van der Waals surface area contributed by atoms with Crippen LogP contribution in [0, 0.1) is 0 Å². The number of halogens is 1. The molecule has 8 nitrogen and oxygen atoms in total. The minimum atomic E-state index is -0.430. The summed E-state index contributed by atoms with van der Waals surface area (Å²) < 4.78 is 5.26. The average Bonchev–Trinajstić information content (AvgIpc) is 2.93. The molecule has 2 heterocycles. The normalized spacial score (nSPS) is 14.6. The van der Waals surface area contributed by atoms with Gasteiger partial charge in [0, 0.05) is 31.2 Å². The van der Waals surface area contributed by atoms with Crippen LogP contribution in [-0.4, -0.2) is 64.9 Å². The van der Waals surface area contributed by atoms with Crippen molar-refractivity contribution in [2.24, 2.45) is 0 Å². The van der Waals surface area contributed by atoms with Gasteiger partial charge in [0.2, 0.25) is 0 Å². The standard InChI is InChI=1S/C18H19ClN4O4/c1-27-15-4-3-12(19)9-13(15)17(25)22-5-2-6-23(8-7-22)18(26)14-10-20-11-16(24)21-14/h3-4,9-11H,2,5-8H2,1H3,(H,21,24). The summed E-state index contributed by atoms with van der Waals surface area (Å²) in [5.74, 6) is -0.0530. The smallest absolute Gasteiger partial charge is 0.272 e. The summed E-state index contributed by atoms with van der Waals surface area (Å²) in [4.78, 5) is 46.4. The Hall–Kier alpha value is -2.87. The number of benzene rings is 1. The van der Waals surface area contributed by atoms with Crippen LogP contribution in [0.1, 0.15) is 27.3 Å². The Morgan fingerprint density at radius 3 is 2.48 bits per heavy atom. The minimum absolute atomic E-state index is 0.138. The Balaban J connectivity index is 1.73. The zero-order valence-corrected chi connectivity index (χ0v) is 15.5. The van der Waals surface area contributed by atoms with Crippen molar-refractivity contribution in [2.45, 2.75) is 6.42 Å². The Kier molecular flexibility index (Phi) is 5.75. The first-order chi connectivity index (χ1) is 13.0. The lowest BCUT2D eigenvalue weighted by Gasteiger charge is -2.23. The maximum atomic E-state index is 12.9. The maximum absolute atomic E-state index is 12.9. The first kappa shape index (κ1) is 18.9. The van der Waals surface area contributed by atoms with Crippen molar-refractivity contribution in [3.63, 3.8) is 0 Å². The first-order valence-corrected chi connectivity index (χ1v) is 8.84. The van der Waals surface area contributed by atoms with E-state index in [-0.39, 0.29) is 17.5 Å². The van der Waals surface area contributed by atoms with Gasteiger partial charge >= 0.3 is 0 Å². The third-order valence-corrected chi connectivity index (χ3v) is 4.58. The van der Waals surface area contributed by atoms with Crippen LogP contribution in [0.15, 0.2) is 35.4 Å². The third-order valence-electron chi connectivity index (χ3n) is 4.35. The number of hydrogen-bond acceptors (Lipinski definition) is 5. The van der Waals surface area contributed by atoms with Gasteiger partial charge in [-0.2, -0.15) is 0 Å². The lowest BCUT2D eigenvalue weighted by molar-refractivity contribution is 0.0713. The van der Waals surface area contributed by atoms with Crippen LogP contribution in [0.5, 0.6) is 5.75 Å². The zero-order chi connectivity index (χ0) is 19.4. The predicted octanol–water partition coefficient (Wildman–Crippen LogP) is 1.42. The second kappa shape index (κ2) is 8.22. The molecule has 0 bridgehead atoms. The minimum Gasteiger partial charge on any atom is -0.496 e. The summed E-state index contributed by atoms with van der Waals surface area (Å²) in [6, 6.07) is 4.90. The van der Waals surface area contributed by atoms with E-state index >= 15 is 0 Å². The van der Waals surface area contributed by atoms with Gasteiger partial charge in [0.1, 0.15) is 11.4 Å². The number of H-pyrrole nitrogens is 1. The summed E-state index contributed by atoms with van der Waals surface area (Å²) in [6.45, 7) is 1.70. The van der Waals surface area contributed by atoms with Crippen molar-refractivity contribution in [2.75, 3.05) is 33.3 Å². The molecule has 1 aliphatic rings. The summed E-state index contributed by atoms with van der Waals surface area (Å²) in [7, 11) is 1.50. The molecule has 0 unspecified atom stereocenters. The fourth-order valence-corrected chi connectivity index (χ4v) is 3.17. The number of ether oxygens (including phenoxy) is 1. The highest BCUT2D eigenvalue weighted by Crippen LogP contribution is 2.24. The van der Waals surface area contributed by atoms with E-state index in [4.69, 9.17) is 16.3 Å². The van der Waals surface area contributed by atoms with E-state index in [9.17, 15) is 14.4 Å².